The molecule has 2 amide bonds. The van der Waals surface area contributed by atoms with Gasteiger partial charge >= 0.3 is 0 Å². The van der Waals surface area contributed by atoms with E-state index < -0.39 is 11.7 Å². The van der Waals surface area contributed by atoms with Crippen molar-refractivity contribution in [2.24, 2.45) is 0 Å². The Morgan fingerprint density at radius 1 is 1.10 bits per heavy atom. The predicted octanol–water partition coefficient (Wildman–Crippen LogP) is 2.16. The number of pyridine rings is 1. The summed E-state index contributed by atoms with van der Waals surface area (Å²) < 4.78 is 15.4. The van der Waals surface area contributed by atoms with Gasteiger partial charge in [-0.3, -0.25) is 14.5 Å². The van der Waals surface area contributed by atoms with Gasteiger partial charge in [0.15, 0.2) is 0 Å². The molecule has 0 radical (unpaired) electrons. The summed E-state index contributed by atoms with van der Waals surface area (Å²) in [5.74, 6) is -1.07. The molecule has 2 aromatic heterocycles. The van der Waals surface area contributed by atoms with Crippen molar-refractivity contribution in [1.29, 1.82) is 0 Å². The molecule has 1 saturated heterocycles. The number of carbonyl (C=O) groups is 2. The van der Waals surface area contributed by atoms with Crippen LogP contribution in [0.5, 0.6) is 0 Å². The minimum absolute atomic E-state index is 0.0962. The fraction of sp³-hybridized carbons (Fsp3) is 0.348. The summed E-state index contributed by atoms with van der Waals surface area (Å²) >= 11 is 0. The predicted molar refractivity (Wildman–Crippen MR) is 115 cm³/mol. The molecular weight excluding hydrogens is 397 g/mol. The number of aryl methyl sites for hydroxylation is 2. The van der Waals surface area contributed by atoms with E-state index in [9.17, 15) is 14.0 Å². The van der Waals surface area contributed by atoms with Crippen molar-refractivity contribution in [2.45, 2.75) is 20.4 Å². The number of aromatic nitrogens is 2. The van der Waals surface area contributed by atoms with Crippen LogP contribution >= 0.6 is 0 Å². The highest BCUT2D eigenvalue weighted by molar-refractivity contribution is 5.96. The first-order valence-electron chi connectivity index (χ1n) is 10.4. The van der Waals surface area contributed by atoms with Crippen molar-refractivity contribution in [1.82, 2.24) is 24.5 Å². The number of hydrogen-bond donors (Lipinski definition) is 1. The molecule has 1 aliphatic heterocycles. The van der Waals surface area contributed by atoms with E-state index in [0.717, 1.165) is 42.7 Å². The summed E-state index contributed by atoms with van der Waals surface area (Å²) in [6.45, 7) is 7.46. The Kier molecular flexibility index (Phi) is 5.99. The summed E-state index contributed by atoms with van der Waals surface area (Å²) in [6.07, 6.45) is 2.06. The van der Waals surface area contributed by atoms with Gasteiger partial charge in [0, 0.05) is 44.5 Å². The van der Waals surface area contributed by atoms with E-state index in [0.29, 0.717) is 13.1 Å². The Morgan fingerprint density at radius 2 is 1.87 bits per heavy atom. The SMILES string of the molecule is Cc1ccn2c(CN3CCN(C(=O)CNC(=O)c4cccc(F)c4)CC3)c(C)nc2c1. The number of fused-ring (bicyclic) bond motifs is 1. The Bertz CT molecular complexity index is 1120. The highest BCUT2D eigenvalue weighted by atomic mass is 19.1. The molecule has 0 spiro atoms. The van der Waals surface area contributed by atoms with Gasteiger partial charge in [0.25, 0.3) is 5.91 Å². The van der Waals surface area contributed by atoms with Gasteiger partial charge in [-0.25, -0.2) is 9.37 Å². The van der Waals surface area contributed by atoms with E-state index >= 15 is 0 Å². The van der Waals surface area contributed by atoms with Crippen LogP contribution in [0.3, 0.4) is 0 Å². The number of halogens is 1. The molecule has 0 unspecified atom stereocenters. The summed E-state index contributed by atoms with van der Waals surface area (Å²) in [7, 11) is 0. The van der Waals surface area contributed by atoms with Crippen molar-refractivity contribution in [2.75, 3.05) is 32.7 Å². The summed E-state index contributed by atoms with van der Waals surface area (Å²) in [5, 5.41) is 2.58. The van der Waals surface area contributed by atoms with Crippen molar-refractivity contribution in [3.63, 3.8) is 0 Å². The van der Waals surface area contributed by atoms with E-state index in [-0.39, 0.29) is 18.0 Å². The smallest absolute Gasteiger partial charge is 0.251 e. The van der Waals surface area contributed by atoms with Crippen molar-refractivity contribution in [3.05, 3.63) is 70.9 Å². The number of nitrogens with zero attached hydrogens (tertiary/aromatic N) is 4. The molecule has 4 rings (SSSR count). The van der Waals surface area contributed by atoms with Crippen LogP contribution in [0.2, 0.25) is 0 Å². The molecule has 1 N–H and O–H groups in total. The second-order valence-electron chi connectivity index (χ2n) is 7.93. The number of imidazole rings is 1. The standard InChI is InChI=1S/C23H26FN5O2/c1-16-6-7-29-20(17(2)26-21(29)12-16)15-27-8-10-28(11-9-27)22(30)14-25-23(31)18-4-3-5-19(24)13-18/h3-7,12-13H,8-11,14-15H2,1-2H3,(H,25,31). The van der Waals surface area contributed by atoms with Gasteiger partial charge in [0.05, 0.1) is 17.9 Å². The molecule has 0 atom stereocenters. The van der Waals surface area contributed by atoms with Crippen molar-refractivity contribution in [3.8, 4) is 0 Å². The molecule has 1 aromatic carbocycles. The zero-order valence-corrected chi connectivity index (χ0v) is 17.8. The molecule has 162 valence electrons. The largest absolute Gasteiger partial charge is 0.343 e. The maximum absolute atomic E-state index is 13.3. The Hall–Kier alpha value is -3.26. The first-order chi connectivity index (χ1) is 14.9. The van der Waals surface area contributed by atoms with Gasteiger partial charge in [-0.1, -0.05) is 6.07 Å². The molecule has 3 aromatic rings. The van der Waals surface area contributed by atoms with Gasteiger partial charge in [0.2, 0.25) is 5.91 Å². The number of amides is 2. The highest BCUT2D eigenvalue weighted by Crippen LogP contribution is 2.16. The molecule has 31 heavy (non-hydrogen) atoms. The highest BCUT2D eigenvalue weighted by Gasteiger charge is 2.23. The van der Waals surface area contributed by atoms with Gasteiger partial charge < -0.3 is 14.6 Å². The van der Waals surface area contributed by atoms with Gasteiger partial charge in [-0.05, 0) is 49.7 Å². The molecule has 1 aliphatic rings. The van der Waals surface area contributed by atoms with Crippen LogP contribution in [0.15, 0.2) is 42.6 Å². The lowest BCUT2D eigenvalue weighted by Gasteiger charge is -2.34. The van der Waals surface area contributed by atoms with Gasteiger partial charge in [-0.2, -0.15) is 0 Å². The summed E-state index contributed by atoms with van der Waals surface area (Å²) in [4.78, 5) is 33.3. The minimum Gasteiger partial charge on any atom is -0.343 e. The quantitative estimate of drug-likeness (QED) is 0.683. The third-order valence-corrected chi connectivity index (χ3v) is 5.67. The second-order valence-corrected chi connectivity index (χ2v) is 7.93. The van der Waals surface area contributed by atoms with Crippen molar-refractivity contribution >= 4 is 17.5 Å². The number of carbonyl (C=O) groups excluding carboxylic acids is 2. The van der Waals surface area contributed by atoms with E-state index in [4.69, 9.17) is 0 Å². The second kappa shape index (κ2) is 8.85. The molecule has 0 saturated carbocycles. The van der Waals surface area contributed by atoms with Crippen LogP contribution in [0.25, 0.3) is 5.65 Å². The zero-order valence-electron chi connectivity index (χ0n) is 17.8. The molecule has 3 heterocycles. The number of rotatable bonds is 5. The zero-order chi connectivity index (χ0) is 22.0. The van der Waals surface area contributed by atoms with Crippen LogP contribution in [0, 0.1) is 19.7 Å². The molecule has 1 fully saturated rings. The molecule has 0 aliphatic carbocycles. The fourth-order valence-electron chi connectivity index (χ4n) is 3.87. The molecule has 8 heteroatoms. The van der Waals surface area contributed by atoms with Crippen molar-refractivity contribution < 1.29 is 14.0 Å². The monoisotopic (exact) mass is 423 g/mol. The molecule has 0 bridgehead atoms. The Labute approximate surface area is 180 Å². The third kappa shape index (κ3) is 4.74. The summed E-state index contributed by atoms with van der Waals surface area (Å²) in [6, 6.07) is 9.57. The summed E-state index contributed by atoms with van der Waals surface area (Å²) in [5.41, 5.74) is 4.52. The average Bonchev–Trinajstić information content (AvgIpc) is 3.06. The topological polar surface area (TPSA) is 70.0 Å². The van der Waals surface area contributed by atoms with Crippen LogP contribution < -0.4 is 5.32 Å². The van der Waals surface area contributed by atoms with Crippen LogP contribution in [0.4, 0.5) is 4.39 Å². The number of benzene rings is 1. The van der Waals surface area contributed by atoms with E-state index in [1.807, 2.05) is 6.92 Å². The normalized spacial score (nSPS) is 14.7. The Morgan fingerprint density at radius 3 is 2.61 bits per heavy atom. The van der Waals surface area contributed by atoms with Gasteiger partial charge in [0.1, 0.15) is 11.5 Å². The van der Waals surface area contributed by atoms with E-state index in [1.165, 1.54) is 23.8 Å². The maximum atomic E-state index is 13.3. The first-order valence-corrected chi connectivity index (χ1v) is 10.4. The lowest BCUT2D eigenvalue weighted by molar-refractivity contribution is -0.131. The number of nitrogens with one attached hydrogen (secondary N) is 1. The van der Waals surface area contributed by atoms with E-state index in [1.54, 1.807) is 4.90 Å². The molecular formula is C23H26FN5O2. The lowest BCUT2D eigenvalue weighted by Crippen LogP contribution is -2.51. The minimum atomic E-state index is -0.480. The van der Waals surface area contributed by atoms with Crippen LogP contribution in [-0.4, -0.2) is 63.7 Å². The molecule has 7 nitrogen and oxygen atoms in total. The maximum Gasteiger partial charge on any atom is 0.251 e. The number of piperazine rings is 1. The van der Waals surface area contributed by atoms with Gasteiger partial charge in [-0.15, -0.1) is 0 Å². The number of hydrogen-bond acceptors (Lipinski definition) is 4. The van der Waals surface area contributed by atoms with Crippen LogP contribution in [0.1, 0.15) is 27.3 Å². The average molecular weight is 423 g/mol. The lowest BCUT2D eigenvalue weighted by atomic mass is 10.2. The first kappa shape index (κ1) is 21.0. The van der Waals surface area contributed by atoms with Crippen LogP contribution in [-0.2, 0) is 11.3 Å². The van der Waals surface area contributed by atoms with E-state index in [2.05, 4.69) is 44.9 Å². The Balaban J connectivity index is 1.29. The fourth-order valence-corrected chi connectivity index (χ4v) is 3.87. The third-order valence-electron chi connectivity index (χ3n) is 5.67.